The zero-order chi connectivity index (χ0) is 74.3. The van der Waals surface area contributed by atoms with Crippen LogP contribution in [0.15, 0.2) is 0 Å². The average Bonchev–Trinajstić information content (AvgIpc) is 1.42. The van der Waals surface area contributed by atoms with E-state index in [1.807, 2.05) is 20.8 Å². The summed E-state index contributed by atoms with van der Waals surface area (Å²) in [6, 6.07) is -3.74. The van der Waals surface area contributed by atoms with Crippen molar-refractivity contribution >= 4 is 35.8 Å². The molecule has 12 unspecified atom stereocenters. The van der Waals surface area contributed by atoms with E-state index >= 15 is 0 Å². The first kappa shape index (κ1) is 90.5. The summed E-state index contributed by atoms with van der Waals surface area (Å²) in [7, 11) is 0. The third kappa shape index (κ3) is 34.9. The highest BCUT2D eigenvalue weighted by Crippen LogP contribution is 2.44. The van der Waals surface area contributed by atoms with Crippen molar-refractivity contribution in [2.24, 2.45) is 52.7 Å². The molecule has 0 bridgehead atoms. The van der Waals surface area contributed by atoms with Crippen LogP contribution in [0.5, 0.6) is 0 Å². The number of ether oxygens (including phenoxy) is 10. The van der Waals surface area contributed by atoms with Gasteiger partial charge in [-0.2, -0.15) is 0 Å². The molecule has 6 aliphatic rings. The lowest BCUT2D eigenvalue weighted by atomic mass is 9.94. The fourth-order valence-corrected chi connectivity index (χ4v) is 12.9. The van der Waals surface area contributed by atoms with Gasteiger partial charge in [0, 0.05) is 19.3 Å². The first-order valence-corrected chi connectivity index (χ1v) is 38.8. The highest BCUT2D eigenvalue weighted by Gasteiger charge is 2.54. The maximum Gasteiger partial charge on any atom is 0.306 e. The number of hydrogen-bond donors (Lipinski definition) is 9. The zero-order valence-electron chi connectivity index (χ0n) is 62.7. The number of nitrogens with two attached hydrogens (primary N) is 3. The first-order valence-electron chi connectivity index (χ1n) is 38.8. The van der Waals surface area contributed by atoms with Crippen LogP contribution in [0.25, 0.3) is 0 Å². The summed E-state index contributed by atoms with van der Waals surface area (Å²) in [5, 5.41) is 60.8. The van der Waals surface area contributed by atoms with Crippen molar-refractivity contribution in [3.63, 3.8) is 0 Å². The Morgan fingerprint density at radius 2 is 0.630 bits per heavy atom. The van der Waals surface area contributed by atoms with Crippen molar-refractivity contribution in [1.82, 2.24) is 0 Å². The Kier molecular flexibility index (Phi) is 45.9. The monoisotopic (exact) mass is 1430 g/mol. The molecule has 0 aromatic rings. The number of hydrogen-bond acceptors (Lipinski definition) is 22. The van der Waals surface area contributed by atoms with E-state index < -0.39 is 134 Å². The molecule has 3 aliphatic heterocycles. The van der Waals surface area contributed by atoms with Gasteiger partial charge in [-0.25, -0.2) is 0 Å². The molecular formula is C75H137N3O22. The quantitative estimate of drug-likeness (QED) is 0.0155. The first-order chi connectivity index (χ1) is 47.8. The lowest BCUT2D eigenvalue weighted by Gasteiger charge is -2.49. The molecule has 584 valence electrons. The minimum atomic E-state index is -1.61. The Labute approximate surface area is 598 Å². The van der Waals surface area contributed by atoms with E-state index in [0.29, 0.717) is 37.0 Å². The number of aliphatic carboxylic acids is 3. The molecule has 25 heteroatoms. The number of unbranched alkanes of at least 4 members (excludes halogenated alkanes) is 18. The molecule has 3 aliphatic carbocycles. The van der Waals surface area contributed by atoms with E-state index in [1.165, 1.54) is 96.3 Å². The van der Waals surface area contributed by atoms with Gasteiger partial charge in [0.05, 0.1) is 48.1 Å². The smallest absolute Gasteiger partial charge is 0.306 e. The number of esters is 3. The topological polar surface area (TPSA) is 394 Å². The van der Waals surface area contributed by atoms with Crippen LogP contribution in [0.1, 0.15) is 281 Å². The van der Waals surface area contributed by atoms with Gasteiger partial charge in [-0.3, -0.25) is 28.8 Å². The third-order valence-electron chi connectivity index (χ3n) is 19.5. The normalized spacial score (nSPS) is 31.1. The largest absolute Gasteiger partial charge is 0.481 e. The number of aliphatic hydroxyl groups excluding tert-OH is 3. The molecule has 6 rings (SSSR count). The minimum absolute atomic E-state index is 0.00572. The molecule has 100 heavy (non-hydrogen) atoms. The Balaban J connectivity index is 0.000000526. The van der Waals surface area contributed by atoms with Crippen LogP contribution in [0.4, 0.5) is 0 Å². The molecule has 0 aromatic carbocycles. The van der Waals surface area contributed by atoms with E-state index in [9.17, 15) is 44.1 Å². The van der Waals surface area contributed by atoms with Crippen LogP contribution < -0.4 is 17.2 Å². The molecule has 3 saturated carbocycles. The SMILES string of the molecule is CCCCCC(=O)OCC1O[C@@H](O[C@H]2C(COC(=O)CCCCC)O[C@@H](O[C@H]3C(COC(=O)CCCCC)O[C@@H](OC(C)C)C(N)[C@@H]3O)C(N)[C@@H]2O)C(N)[C@H](O)[C@H]1OC(C)C.CCCCCCCC1CC1C(=O)O.CCCCCCCC1CC1C(=O)O.CCCCCCCC1CC1C(=O)O. The Bertz CT molecular complexity index is 2160. The second-order valence-electron chi connectivity index (χ2n) is 29.2. The van der Waals surface area contributed by atoms with Crippen molar-refractivity contribution in [2.45, 2.75) is 385 Å². The Morgan fingerprint density at radius 3 is 0.910 bits per heavy atom. The third-order valence-corrected chi connectivity index (χ3v) is 19.5. The molecule has 0 aromatic heterocycles. The van der Waals surface area contributed by atoms with Crippen molar-refractivity contribution in [1.29, 1.82) is 0 Å². The summed E-state index contributed by atoms with van der Waals surface area (Å²) in [5.74, 6) is -1.63. The van der Waals surface area contributed by atoms with Gasteiger partial charge in [0.1, 0.15) is 74.8 Å². The van der Waals surface area contributed by atoms with Crippen molar-refractivity contribution in [2.75, 3.05) is 19.8 Å². The minimum Gasteiger partial charge on any atom is -0.481 e. The predicted octanol–water partition coefficient (Wildman–Crippen LogP) is 10.8. The van der Waals surface area contributed by atoms with Gasteiger partial charge >= 0.3 is 35.8 Å². The Morgan fingerprint density at radius 1 is 0.370 bits per heavy atom. The standard InChI is InChI=1S/C42H77N3O16.3C11H20O2/c1-8-11-14-17-28(46)52-20-25-37(55-23(4)5)34(49)32(44)41(58-25)61-39-27(22-54-30(48)19-16-13-10-3)59-42(33(45)36(39)51)60-38-26(21-53-29(47)18-15-12-9-2)57-40(56-24(6)7)31(43)35(38)50;3*1-2-3-4-5-6-7-9-8-10(9)11(12)13/h23-27,31-42,49-51H,8-22,43-45H2,1-7H3;3*9-10H,2-8H2,1H3,(H,12,13)/t25?,26?,27?,31?,32?,33?,34-,35-,36-,37-,38-,39-,40+,41-,42-;;;/m0.../s1. The summed E-state index contributed by atoms with van der Waals surface area (Å²) >= 11 is 0. The molecular weight excluding hydrogens is 1290 g/mol. The highest BCUT2D eigenvalue weighted by molar-refractivity contribution is 5.74. The van der Waals surface area contributed by atoms with Crippen LogP contribution in [-0.2, 0) is 76.1 Å². The summed E-state index contributed by atoms with van der Waals surface area (Å²) in [6.07, 6.45) is 17.0. The van der Waals surface area contributed by atoms with Crippen LogP contribution in [-0.4, -0.2) is 190 Å². The van der Waals surface area contributed by atoms with E-state index in [2.05, 4.69) is 20.8 Å². The van der Waals surface area contributed by atoms with Crippen LogP contribution in [0.2, 0.25) is 0 Å². The average molecular weight is 1430 g/mol. The van der Waals surface area contributed by atoms with E-state index in [-0.39, 0.29) is 62.4 Å². The summed E-state index contributed by atoms with van der Waals surface area (Å²) in [6.45, 7) is 18.7. The van der Waals surface area contributed by atoms with E-state index in [1.54, 1.807) is 27.7 Å². The van der Waals surface area contributed by atoms with E-state index in [0.717, 1.165) is 77.0 Å². The van der Waals surface area contributed by atoms with Gasteiger partial charge in [-0.05, 0) is 103 Å². The zero-order valence-corrected chi connectivity index (χ0v) is 62.7. The second kappa shape index (κ2) is 50.7. The maximum absolute atomic E-state index is 12.8. The molecule has 21 atom stereocenters. The fourth-order valence-electron chi connectivity index (χ4n) is 12.9. The number of carbonyl (C=O) groups is 6. The number of rotatable bonds is 47. The molecule has 0 spiro atoms. The van der Waals surface area contributed by atoms with Crippen molar-refractivity contribution < 1.29 is 107 Å². The van der Waals surface area contributed by atoms with E-state index in [4.69, 9.17) is 79.9 Å². The molecule has 25 nitrogen and oxygen atoms in total. The van der Waals surface area contributed by atoms with Crippen LogP contribution in [0, 0.1) is 35.5 Å². The predicted molar refractivity (Wildman–Crippen MR) is 377 cm³/mol. The van der Waals surface area contributed by atoms with Crippen LogP contribution in [0.3, 0.4) is 0 Å². The summed E-state index contributed by atoms with van der Waals surface area (Å²) < 4.78 is 59.6. The lowest BCUT2D eigenvalue weighted by Crippen LogP contribution is -2.70. The summed E-state index contributed by atoms with van der Waals surface area (Å²) in [5.41, 5.74) is 19.5. The number of carbonyl (C=O) groups excluding carboxylic acids is 3. The fraction of sp³-hybridized carbons (Fsp3) is 0.920. The molecule has 3 saturated heterocycles. The van der Waals surface area contributed by atoms with Gasteiger partial charge < -0.3 is 95.2 Å². The Hall–Kier alpha value is -3.70. The lowest BCUT2D eigenvalue weighted by molar-refractivity contribution is -0.352. The highest BCUT2D eigenvalue weighted by atomic mass is 16.8. The van der Waals surface area contributed by atoms with Crippen LogP contribution >= 0.6 is 0 Å². The number of carboxylic acid groups (broad SMARTS) is 3. The molecule has 0 amide bonds. The number of carboxylic acids is 3. The molecule has 6 fully saturated rings. The van der Waals surface area contributed by atoms with Crippen molar-refractivity contribution in [3.8, 4) is 0 Å². The molecule has 12 N–H and O–H groups in total. The number of aliphatic hydroxyl groups is 3. The second-order valence-corrected chi connectivity index (χ2v) is 29.2. The van der Waals surface area contributed by atoms with Crippen molar-refractivity contribution in [3.05, 3.63) is 0 Å². The molecule has 3 heterocycles. The van der Waals surface area contributed by atoms with Gasteiger partial charge in [0.15, 0.2) is 18.9 Å². The summed E-state index contributed by atoms with van der Waals surface area (Å²) in [4.78, 5) is 69.5. The van der Waals surface area contributed by atoms with Gasteiger partial charge in [-0.15, -0.1) is 0 Å². The maximum atomic E-state index is 12.8. The van der Waals surface area contributed by atoms with Gasteiger partial charge in [-0.1, -0.05) is 176 Å². The molecule has 0 radical (unpaired) electrons. The van der Waals surface area contributed by atoms with Gasteiger partial charge in [0.25, 0.3) is 0 Å². The van der Waals surface area contributed by atoms with Gasteiger partial charge in [0.2, 0.25) is 0 Å².